The van der Waals surface area contributed by atoms with Gasteiger partial charge in [-0.1, -0.05) is 193 Å². The normalized spacial score (nSPS) is 14.5. The van der Waals surface area contributed by atoms with E-state index >= 15 is 0 Å². The van der Waals surface area contributed by atoms with Gasteiger partial charge in [0.05, 0.1) is 5.52 Å². The van der Waals surface area contributed by atoms with Crippen molar-refractivity contribution in [1.29, 1.82) is 0 Å². The Morgan fingerprint density at radius 3 is 1.82 bits per heavy atom. The molecule has 0 spiro atoms. The van der Waals surface area contributed by atoms with Gasteiger partial charge in [0, 0.05) is 39.4 Å². The molecule has 0 aliphatic heterocycles. The lowest BCUT2D eigenvalue weighted by atomic mass is 9.75. The average Bonchev–Trinajstić information content (AvgIpc) is 3.76. The number of rotatable bonds is 7. The standard InChI is InChI=1S/C72H62N2/c1-71(2,3)56-33-40-66-68(45-56)74(58-18-8-7-9-19-58)69-46-57(72(4,5)6)44-67(70(66)69)53-17-14-20-61(43-53)73(59-34-27-47(28-35-59)51-31-38-64-54(41-51)25-23-49-15-10-12-21-62(49)64)60-36-29-48(30-37-60)52-32-39-65-55(42-52)26-24-50-16-11-13-22-63(50)65/h7-10,12-15,17-44,46,56H,11,16,45H2,1-6H3. The van der Waals surface area contributed by atoms with Crippen LogP contribution in [0.2, 0.25) is 0 Å². The third kappa shape index (κ3) is 8.05. The van der Waals surface area contributed by atoms with Crippen LogP contribution in [-0.4, -0.2) is 4.57 Å². The lowest BCUT2D eigenvalue weighted by molar-refractivity contribution is 0.288. The van der Waals surface area contributed by atoms with Crippen molar-refractivity contribution in [3.63, 3.8) is 0 Å². The Morgan fingerprint density at radius 2 is 1.11 bits per heavy atom. The molecule has 11 aromatic rings. The van der Waals surface area contributed by atoms with Crippen molar-refractivity contribution in [3.8, 4) is 39.1 Å². The van der Waals surface area contributed by atoms with E-state index in [0.29, 0.717) is 5.92 Å². The molecular formula is C72H62N2. The molecule has 0 radical (unpaired) electrons. The summed E-state index contributed by atoms with van der Waals surface area (Å²) in [5.74, 6) is 0.424. The molecule has 74 heavy (non-hydrogen) atoms. The van der Waals surface area contributed by atoms with E-state index in [0.717, 1.165) is 36.3 Å². The zero-order valence-corrected chi connectivity index (χ0v) is 43.5. The van der Waals surface area contributed by atoms with Crippen LogP contribution in [0.4, 0.5) is 17.1 Å². The molecule has 1 aromatic heterocycles. The minimum absolute atomic E-state index is 0.0769. The third-order valence-corrected chi connectivity index (χ3v) is 16.2. The summed E-state index contributed by atoms with van der Waals surface area (Å²) in [5, 5.41) is 9.02. The van der Waals surface area contributed by atoms with Crippen molar-refractivity contribution in [1.82, 2.24) is 4.57 Å². The minimum atomic E-state index is -0.0769. The molecule has 10 aromatic carbocycles. The number of para-hydroxylation sites is 1. The highest BCUT2D eigenvalue weighted by Crippen LogP contribution is 2.47. The molecule has 0 amide bonds. The molecule has 0 saturated heterocycles. The zero-order valence-electron chi connectivity index (χ0n) is 43.5. The Labute approximate surface area is 436 Å². The number of aromatic nitrogens is 1. The predicted octanol–water partition coefficient (Wildman–Crippen LogP) is 20.0. The number of anilines is 3. The van der Waals surface area contributed by atoms with E-state index in [1.807, 2.05) is 0 Å². The number of hydrogen-bond acceptors (Lipinski definition) is 1. The summed E-state index contributed by atoms with van der Waals surface area (Å²) in [4.78, 5) is 2.44. The molecule has 0 N–H and O–H groups in total. The second-order valence-electron chi connectivity index (χ2n) is 23.0. The van der Waals surface area contributed by atoms with Crippen LogP contribution in [0.1, 0.15) is 75.9 Å². The van der Waals surface area contributed by atoms with Gasteiger partial charge in [0.25, 0.3) is 0 Å². The molecule has 1 unspecified atom stereocenters. The van der Waals surface area contributed by atoms with E-state index in [1.54, 1.807) is 0 Å². The molecule has 1 heterocycles. The van der Waals surface area contributed by atoms with E-state index in [-0.39, 0.29) is 10.8 Å². The number of aryl methyl sites for hydroxylation is 1. The van der Waals surface area contributed by atoms with E-state index < -0.39 is 0 Å². The van der Waals surface area contributed by atoms with Crippen molar-refractivity contribution < 1.29 is 0 Å². The Kier molecular flexibility index (Phi) is 11.0. The van der Waals surface area contributed by atoms with Crippen LogP contribution in [0.15, 0.2) is 212 Å². The summed E-state index contributed by atoms with van der Waals surface area (Å²) < 4.78 is 2.57. The molecule has 2 heteroatoms. The van der Waals surface area contributed by atoms with Crippen molar-refractivity contribution in [2.75, 3.05) is 4.90 Å². The van der Waals surface area contributed by atoms with Gasteiger partial charge in [-0.05, 0) is 191 Å². The fraction of sp³-hybridized carbons (Fsp3) is 0.167. The maximum Gasteiger partial charge on any atom is 0.0546 e. The Bertz CT molecular complexity index is 4040. The molecular weight excluding hydrogens is 893 g/mol. The van der Waals surface area contributed by atoms with Gasteiger partial charge >= 0.3 is 0 Å². The van der Waals surface area contributed by atoms with Gasteiger partial charge in [0.15, 0.2) is 0 Å². The van der Waals surface area contributed by atoms with Crippen molar-refractivity contribution >= 4 is 72.4 Å². The number of hydrogen-bond donors (Lipinski definition) is 0. The van der Waals surface area contributed by atoms with Crippen LogP contribution in [0.3, 0.4) is 0 Å². The SMILES string of the molecule is CC(C)(C)c1cc(-c2cccc(N(c3ccc(-c4ccc5c6c(ccc5c4)CCC=C6)cc3)c3ccc(-c4ccc5c(ccc6ccccc65)c4)cc3)c2)c2c3c(n(-c4ccccc4)c2c1)CC(C(C)(C)C)C=C3. The van der Waals surface area contributed by atoms with E-state index in [1.165, 1.54) is 110 Å². The third-order valence-electron chi connectivity index (χ3n) is 16.2. The molecule has 2 aliphatic carbocycles. The molecule has 360 valence electrons. The van der Waals surface area contributed by atoms with Crippen molar-refractivity contribution in [3.05, 3.63) is 240 Å². The van der Waals surface area contributed by atoms with Gasteiger partial charge < -0.3 is 9.47 Å². The first-order chi connectivity index (χ1) is 35.9. The van der Waals surface area contributed by atoms with Crippen LogP contribution < -0.4 is 4.90 Å². The van der Waals surface area contributed by atoms with E-state index in [4.69, 9.17) is 0 Å². The molecule has 0 bridgehead atoms. The van der Waals surface area contributed by atoms with Gasteiger partial charge in [0.1, 0.15) is 0 Å². The Balaban J connectivity index is 0.951. The quantitative estimate of drug-likeness (QED) is 0.145. The van der Waals surface area contributed by atoms with Gasteiger partial charge in [0.2, 0.25) is 0 Å². The van der Waals surface area contributed by atoms with Crippen LogP contribution in [0.5, 0.6) is 0 Å². The summed E-state index contributed by atoms with van der Waals surface area (Å²) in [6.07, 6.45) is 12.8. The van der Waals surface area contributed by atoms with Gasteiger partial charge in [-0.15, -0.1) is 0 Å². The molecule has 0 fully saturated rings. The molecule has 2 aliphatic rings. The highest BCUT2D eigenvalue weighted by molar-refractivity contribution is 6.09. The monoisotopic (exact) mass is 954 g/mol. The predicted molar refractivity (Wildman–Crippen MR) is 319 cm³/mol. The first-order valence-corrected chi connectivity index (χ1v) is 26.6. The molecule has 0 saturated carbocycles. The fourth-order valence-electron chi connectivity index (χ4n) is 12.0. The second-order valence-corrected chi connectivity index (χ2v) is 23.0. The maximum atomic E-state index is 2.57. The van der Waals surface area contributed by atoms with Gasteiger partial charge in [-0.3, -0.25) is 0 Å². The van der Waals surface area contributed by atoms with E-state index in [2.05, 4.69) is 276 Å². The summed E-state index contributed by atoms with van der Waals surface area (Å²) in [6.45, 7) is 14.2. The summed E-state index contributed by atoms with van der Waals surface area (Å²) in [6, 6.07) is 75.3. The Hall–Kier alpha value is -8.20. The average molecular weight is 955 g/mol. The summed E-state index contributed by atoms with van der Waals surface area (Å²) in [5.41, 5.74) is 20.0. The highest BCUT2D eigenvalue weighted by atomic mass is 15.1. The first kappa shape index (κ1) is 45.6. The van der Waals surface area contributed by atoms with E-state index in [9.17, 15) is 0 Å². The number of benzene rings is 10. The maximum absolute atomic E-state index is 2.57. The van der Waals surface area contributed by atoms with Crippen LogP contribution in [-0.2, 0) is 18.3 Å². The number of allylic oxidation sites excluding steroid dienone is 2. The van der Waals surface area contributed by atoms with Crippen molar-refractivity contribution in [2.45, 2.75) is 66.2 Å². The topological polar surface area (TPSA) is 8.17 Å². The lowest BCUT2D eigenvalue weighted by Gasteiger charge is -2.31. The smallest absolute Gasteiger partial charge is 0.0546 e. The number of nitrogens with zero attached hydrogens (tertiary/aromatic N) is 2. The highest BCUT2D eigenvalue weighted by Gasteiger charge is 2.32. The van der Waals surface area contributed by atoms with Crippen LogP contribution >= 0.6 is 0 Å². The second kappa shape index (κ2) is 17.8. The summed E-state index contributed by atoms with van der Waals surface area (Å²) >= 11 is 0. The zero-order chi connectivity index (χ0) is 50.3. The largest absolute Gasteiger partial charge is 0.313 e. The van der Waals surface area contributed by atoms with Crippen LogP contribution in [0, 0.1) is 11.3 Å². The first-order valence-electron chi connectivity index (χ1n) is 26.6. The molecule has 13 rings (SSSR count). The lowest BCUT2D eigenvalue weighted by Crippen LogP contribution is -2.23. The van der Waals surface area contributed by atoms with Crippen LogP contribution in [0.25, 0.3) is 94.4 Å². The minimum Gasteiger partial charge on any atom is -0.313 e. The fourth-order valence-corrected chi connectivity index (χ4v) is 12.0. The number of fused-ring (bicyclic) bond motifs is 9. The molecule has 1 atom stereocenters. The molecule has 2 nitrogen and oxygen atoms in total. The Morgan fingerprint density at radius 1 is 0.473 bits per heavy atom. The van der Waals surface area contributed by atoms with Gasteiger partial charge in [-0.25, -0.2) is 0 Å². The van der Waals surface area contributed by atoms with Crippen molar-refractivity contribution in [2.24, 2.45) is 11.3 Å². The summed E-state index contributed by atoms with van der Waals surface area (Å²) in [7, 11) is 0. The van der Waals surface area contributed by atoms with Gasteiger partial charge in [-0.2, -0.15) is 0 Å².